The van der Waals surface area contributed by atoms with E-state index in [9.17, 15) is 5.11 Å². The fourth-order valence-corrected chi connectivity index (χ4v) is 0.784. The summed E-state index contributed by atoms with van der Waals surface area (Å²) in [5, 5.41) is 9.50. The van der Waals surface area contributed by atoms with Gasteiger partial charge < -0.3 is 10.8 Å². The molecule has 1 atom stereocenters. The summed E-state index contributed by atoms with van der Waals surface area (Å²) in [6, 6.07) is 0. The first-order valence-corrected chi connectivity index (χ1v) is 3.92. The normalized spacial score (nSPS) is 15.3. The van der Waals surface area contributed by atoms with Gasteiger partial charge in [0.25, 0.3) is 0 Å². The van der Waals surface area contributed by atoms with Crippen LogP contribution >= 0.6 is 0 Å². The minimum absolute atomic E-state index is 0.0272. The van der Waals surface area contributed by atoms with E-state index in [0.29, 0.717) is 13.0 Å². The Labute approximate surface area is 63.4 Å². The van der Waals surface area contributed by atoms with Crippen LogP contribution in [0.2, 0.25) is 0 Å². The largest absolute Gasteiger partial charge is 0.393 e. The summed E-state index contributed by atoms with van der Waals surface area (Å²) in [4.78, 5) is 0. The molecule has 10 heavy (non-hydrogen) atoms. The highest BCUT2D eigenvalue weighted by molar-refractivity contribution is 4.75. The highest BCUT2D eigenvalue weighted by Gasteiger charge is 2.24. The molecule has 0 radical (unpaired) electrons. The van der Waals surface area contributed by atoms with Crippen LogP contribution in [0, 0.1) is 5.41 Å². The van der Waals surface area contributed by atoms with E-state index in [4.69, 9.17) is 5.73 Å². The molecule has 0 rings (SSSR count). The van der Waals surface area contributed by atoms with Gasteiger partial charge in [0.2, 0.25) is 0 Å². The average Bonchev–Trinajstić information content (AvgIpc) is 1.89. The molecule has 0 aliphatic heterocycles. The van der Waals surface area contributed by atoms with Crippen molar-refractivity contribution in [3.63, 3.8) is 0 Å². The van der Waals surface area contributed by atoms with E-state index >= 15 is 0 Å². The maximum atomic E-state index is 9.50. The molecule has 0 aromatic rings. The summed E-state index contributed by atoms with van der Waals surface area (Å²) >= 11 is 0. The van der Waals surface area contributed by atoms with Crippen molar-refractivity contribution in [3.05, 3.63) is 0 Å². The molecule has 2 heteroatoms. The number of rotatable bonds is 4. The molecule has 3 N–H and O–H groups in total. The summed E-state index contributed by atoms with van der Waals surface area (Å²) in [6.07, 6.45) is 1.46. The van der Waals surface area contributed by atoms with E-state index in [0.717, 1.165) is 6.42 Å². The summed E-state index contributed by atoms with van der Waals surface area (Å²) in [5.74, 6) is 0. The Kier molecular flexibility index (Phi) is 3.91. The van der Waals surface area contributed by atoms with Gasteiger partial charge in [0.15, 0.2) is 0 Å². The second kappa shape index (κ2) is 3.94. The zero-order valence-corrected chi connectivity index (χ0v) is 7.22. The third-order valence-electron chi connectivity index (χ3n) is 2.25. The summed E-state index contributed by atoms with van der Waals surface area (Å²) in [5.41, 5.74) is 5.35. The van der Waals surface area contributed by atoms with E-state index in [1.54, 1.807) is 0 Å². The second-order valence-corrected chi connectivity index (χ2v) is 3.44. The number of nitrogens with two attached hydrogens (primary N) is 1. The summed E-state index contributed by atoms with van der Waals surface area (Å²) in [7, 11) is 0. The smallest absolute Gasteiger partial charge is 0.0603 e. The van der Waals surface area contributed by atoms with Crippen molar-refractivity contribution >= 4 is 0 Å². The third kappa shape index (κ3) is 2.67. The van der Waals surface area contributed by atoms with Crippen LogP contribution in [-0.2, 0) is 0 Å². The molecule has 2 nitrogen and oxygen atoms in total. The fourth-order valence-electron chi connectivity index (χ4n) is 0.784. The van der Waals surface area contributed by atoms with E-state index in [1.165, 1.54) is 0 Å². The van der Waals surface area contributed by atoms with E-state index in [2.05, 4.69) is 20.8 Å². The van der Waals surface area contributed by atoms with Gasteiger partial charge in [-0.25, -0.2) is 0 Å². The Hall–Kier alpha value is -0.0800. The van der Waals surface area contributed by atoms with Gasteiger partial charge in [-0.1, -0.05) is 20.8 Å². The van der Waals surface area contributed by atoms with Crippen LogP contribution in [0.1, 0.15) is 33.6 Å². The molecule has 0 bridgehead atoms. The van der Waals surface area contributed by atoms with Crippen molar-refractivity contribution in [2.75, 3.05) is 6.54 Å². The van der Waals surface area contributed by atoms with Gasteiger partial charge in [-0.15, -0.1) is 0 Å². The molecule has 0 heterocycles. The maximum absolute atomic E-state index is 9.50. The lowest BCUT2D eigenvalue weighted by atomic mass is 9.82. The molecule has 0 aliphatic rings. The zero-order valence-electron chi connectivity index (χ0n) is 7.22. The molecule has 0 spiro atoms. The number of aliphatic hydroxyl groups is 1. The minimum Gasteiger partial charge on any atom is -0.393 e. The fraction of sp³-hybridized carbons (Fsp3) is 1.00. The maximum Gasteiger partial charge on any atom is 0.0603 e. The van der Waals surface area contributed by atoms with Gasteiger partial charge in [0.1, 0.15) is 0 Å². The van der Waals surface area contributed by atoms with Gasteiger partial charge in [0, 0.05) is 0 Å². The molecular weight excluding hydrogens is 126 g/mol. The topological polar surface area (TPSA) is 46.2 Å². The van der Waals surface area contributed by atoms with Gasteiger partial charge in [-0.05, 0) is 24.8 Å². The number of hydrogen-bond acceptors (Lipinski definition) is 2. The van der Waals surface area contributed by atoms with Crippen molar-refractivity contribution < 1.29 is 5.11 Å². The molecule has 62 valence electrons. The van der Waals surface area contributed by atoms with E-state index in [1.807, 2.05) is 0 Å². The van der Waals surface area contributed by atoms with Gasteiger partial charge in [-0.3, -0.25) is 0 Å². The zero-order chi connectivity index (χ0) is 8.20. The van der Waals surface area contributed by atoms with Crippen molar-refractivity contribution in [1.82, 2.24) is 0 Å². The van der Waals surface area contributed by atoms with Crippen LogP contribution in [0.5, 0.6) is 0 Å². The molecule has 0 saturated heterocycles. The lowest BCUT2D eigenvalue weighted by Gasteiger charge is -2.28. The van der Waals surface area contributed by atoms with Crippen LogP contribution in [-0.4, -0.2) is 17.8 Å². The van der Waals surface area contributed by atoms with Crippen molar-refractivity contribution in [2.24, 2.45) is 11.1 Å². The lowest BCUT2D eigenvalue weighted by Crippen LogP contribution is -2.30. The first-order valence-electron chi connectivity index (χ1n) is 3.92. The average molecular weight is 145 g/mol. The Morgan fingerprint density at radius 2 is 2.00 bits per heavy atom. The Balaban J connectivity index is 3.78. The molecular formula is C8H19NO. The first kappa shape index (κ1) is 9.92. The van der Waals surface area contributed by atoms with Crippen molar-refractivity contribution in [3.8, 4) is 0 Å². The molecule has 0 aromatic carbocycles. The van der Waals surface area contributed by atoms with Gasteiger partial charge >= 0.3 is 0 Å². The Morgan fingerprint density at radius 1 is 1.50 bits per heavy atom. The molecule has 0 amide bonds. The molecule has 0 fully saturated rings. The van der Waals surface area contributed by atoms with Crippen LogP contribution < -0.4 is 5.73 Å². The Morgan fingerprint density at radius 3 is 2.30 bits per heavy atom. The summed E-state index contributed by atoms with van der Waals surface area (Å²) in [6.45, 7) is 6.78. The van der Waals surface area contributed by atoms with Crippen LogP contribution in [0.4, 0.5) is 0 Å². The van der Waals surface area contributed by atoms with Crippen molar-refractivity contribution in [2.45, 2.75) is 39.7 Å². The highest BCUT2D eigenvalue weighted by atomic mass is 16.3. The second-order valence-electron chi connectivity index (χ2n) is 3.44. The monoisotopic (exact) mass is 145 g/mol. The molecule has 0 saturated carbocycles. The molecule has 1 unspecified atom stereocenters. The van der Waals surface area contributed by atoms with Crippen molar-refractivity contribution in [1.29, 1.82) is 0 Å². The SMILES string of the molecule is CCC(C)(C)C(O)CCN. The van der Waals surface area contributed by atoms with Gasteiger partial charge in [-0.2, -0.15) is 0 Å². The Bertz CT molecular complexity index is 91.3. The molecule has 0 aliphatic carbocycles. The predicted molar refractivity (Wildman–Crippen MR) is 43.8 cm³/mol. The number of aliphatic hydroxyl groups excluding tert-OH is 1. The molecule has 0 aromatic heterocycles. The first-order chi connectivity index (χ1) is 4.54. The lowest BCUT2D eigenvalue weighted by molar-refractivity contribution is 0.0426. The quantitative estimate of drug-likeness (QED) is 0.623. The predicted octanol–water partition coefficient (Wildman–Crippen LogP) is 1.13. The standard InChI is InChI=1S/C8H19NO/c1-4-8(2,3)7(10)5-6-9/h7,10H,4-6,9H2,1-3H3. The minimum atomic E-state index is -0.248. The van der Waals surface area contributed by atoms with Crippen LogP contribution in [0.3, 0.4) is 0 Å². The van der Waals surface area contributed by atoms with Gasteiger partial charge in [0.05, 0.1) is 6.10 Å². The summed E-state index contributed by atoms with van der Waals surface area (Å²) < 4.78 is 0. The van der Waals surface area contributed by atoms with Crippen LogP contribution in [0.15, 0.2) is 0 Å². The van der Waals surface area contributed by atoms with E-state index in [-0.39, 0.29) is 11.5 Å². The third-order valence-corrected chi connectivity index (χ3v) is 2.25. The highest BCUT2D eigenvalue weighted by Crippen LogP contribution is 2.25. The van der Waals surface area contributed by atoms with Crippen LogP contribution in [0.25, 0.3) is 0 Å². The van der Waals surface area contributed by atoms with E-state index < -0.39 is 0 Å². The number of hydrogen-bond donors (Lipinski definition) is 2.